The Hall–Kier alpha value is -3.80. The molecule has 1 aromatic heterocycles. The second-order valence-corrected chi connectivity index (χ2v) is 11.3. The first-order chi connectivity index (χ1) is 18.3. The Morgan fingerprint density at radius 3 is 2.08 bits per heavy atom. The number of hydrogen-bond acceptors (Lipinski definition) is 6. The molecule has 0 spiro atoms. The van der Waals surface area contributed by atoms with Crippen molar-refractivity contribution in [3.05, 3.63) is 85.5 Å². The molecule has 0 bridgehead atoms. The van der Waals surface area contributed by atoms with Crippen LogP contribution in [0, 0.1) is 0 Å². The molecule has 6 heteroatoms. The first-order valence-corrected chi connectivity index (χ1v) is 13.3. The molecule has 208 valence electrons. The summed E-state index contributed by atoms with van der Waals surface area (Å²) in [6, 6.07) is 1.14. The number of ketones is 1. The maximum Gasteiger partial charge on any atom is 0.208 e. The van der Waals surface area contributed by atoms with Gasteiger partial charge in [-0.1, -0.05) is 46.6 Å². The molecule has 0 saturated carbocycles. The molecule has 6 nitrogen and oxygen atoms in total. The van der Waals surface area contributed by atoms with Gasteiger partial charge in [-0.2, -0.15) is 0 Å². The average Bonchev–Trinajstić information content (AvgIpc) is 2.83. The molecule has 1 aromatic carbocycles. The van der Waals surface area contributed by atoms with E-state index in [0.717, 1.165) is 35.6 Å². The highest BCUT2D eigenvalue weighted by Crippen LogP contribution is 2.44. The highest BCUT2D eigenvalue weighted by molar-refractivity contribution is 6.08. The minimum Gasteiger partial charge on any atom is -0.507 e. The quantitative estimate of drug-likeness (QED) is 0.284. The van der Waals surface area contributed by atoms with Crippen LogP contribution in [-0.4, -0.2) is 21.1 Å². The van der Waals surface area contributed by atoms with Crippen LogP contribution < -0.4 is 5.43 Å². The van der Waals surface area contributed by atoms with Crippen LogP contribution in [0.3, 0.4) is 0 Å². The monoisotopic (exact) mass is 532 g/mol. The van der Waals surface area contributed by atoms with E-state index >= 15 is 0 Å². The smallest absolute Gasteiger partial charge is 0.208 e. The molecule has 0 radical (unpaired) electrons. The molecule has 3 N–H and O–H groups in total. The normalized spacial score (nSPS) is 16.9. The molecule has 0 fully saturated rings. The molecule has 0 aliphatic heterocycles. The Morgan fingerprint density at radius 2 is 1.46 bits per heavy atom. The van der Waals surface area contributed by atoms with Gasteiger partial charge in [0.05, 0.1) is 11.0 Å². The van der Waals surface area contributed by atoms with Crippen LogP contribution in [0.15, 0.2) is 67.6 Å². The SMILES string of the molecule is CC(C)=CCCC(C)=CC[C@@]1(CC=C(C)C)C(=O)C(O)=Cc2oc3c(CC=C(C)C)c(O)cc(O)c3c(=O)c21. The van der Waals surface area contributed by atoms with Crippen LogP contribution in [0.4, 0.5) is 0 Å². The fraction of sp³-hybridized carbons (Fsp3) is 0.394. The van der Waals surface area contributed by atoms with Crippen molar-refractivity contribution in [1.82, 2.24) is 0 Å². The van der Waals surface area contributed by atoms with E-state index in [1.807, 2.05) is 66.7 Å². The molecule has 0 unspecified atom stereocenters. The van der Waals surface area contributed by atoms with Crippen molar-refractivity contribution in [2.45, 2.75) is 86.0 Å². The third kappa shape index (κ3) is 6.27. The number of aromatic hydroxyl groups is 2. The predicted molar refractivity (Wildman–Crippen MR) is 157 cm³/mol. The van der Waals surface area contributed by atoms with Crippen LogP contribution in [0.2, 0.25) is 0 Å². The van der Waals surface area contributed by atoms with Gasteiger partial charge in [-0.3, -0.25) is 9.59 Å². The van der Waals surface area contributed by atoms with E-state index in [0.29, 0.717) is 5.56 Å². The van der Waals surface area contributed by atoms with E-state index in [-0.39, 0.29) is 47.3 Å². The Labute approximate surface area is 230 Å². The first-order valence-electron chi connectivity index (χ1n) is 13.3. The van der Waals surface area contributed by atoms with Crippen LogP contribution in [0.5, 0.6) is 11.5 Å². The first kappa shape index (κ1) is 29.8. The van der Waals surface area contributed by atoms with E-state index in [4.69, 9.17) is 4.42 Å². The van der Waals surface area contributed by atoms with Gasteiger partial charge < -0.3 is 19.7 Å². The number of carbonyl (C=O) groups excluding carboxylic acids is 1. The Morgan fingerprint density at radius 1 is 0.846 bits per heavy atom. The highest BCUT2D eigenvalue weighted by atomic mass is 16.3. The standard InChI is InChI=1S/C33H40O6/c1-19(2)9-8-10-22(7)14-16-33(15-13-21(5)6)29-27(18-26(36)32(33)38)39-31-23(12-11-20(3)4)24(34)17-25(35)28(31)30(29)37/h9,11,13-14,17-18,34-36H,8,10,12,15-16H2,1-7H3/t33-/m1/s1. The summed E-state index contributed by atoms with van der Waals surface area (Å²) in [5.74, 6) is -1.61. The molecule has 39 heavy (non-hydrogen) atoms. The third-order valence-corrected chi connectivity index (χ3v) is 7.13. The van der Waals surface area contributed by atoms with Crippen molar-refractivity contribution in [3.63, 3.8) is 0 Å². The maximum absolute atomic E-state index is 14.2. The summed E-state index contributed by atoms with van der Waals surface area (Å²) < 4.78 is 6.18. The van der Waals surface area contributed by atoms with Crippen molar-refractivity contribution in [3.8, 4) is 11.5 Å². The number of hydrogen-bond donors (Lipinski definition) is 3. The van der Waals surface area contributed by atoms with E-state index in [2.05, 4.69) is 6.08 Å². The minimum absolute atomic E-state index is 0.0386. The van der Waals surface area contributed by atoms with E-state index in [1.165, 1.54) is 11.6 Å². The molecular weight excluding hydrogens is 492 g/mol. The van der Waals surface area contributed by atoms with Gasteiger partial charge in [0.25, 0.3) is 0 Å². The Bertz CT molecular complexity index is 1500. The second kappa shape index (κ2) is 11.9. The number of aliphatic hydroxyl groups excluding tert-OH is 1. The molecule has 0 amide bonds. The van der Waals surface area contributed by atoms with Gasteiger partial charge in [-0.15, -0.1) is 0 Å². The van der Waals surface area contributed by atoms with Gasteiger partial charge in [-0.25, -0.2) is 0 Å². The third-order valence-electron chi connectivity index (χ3n) is 7.13. The van der Waals surface area contributed by atoms with Gasteiger partial charge in [0, 0.05) is 17.7 Å². The van der Waals surface area contributed by atoms with Crippen molar-refractivity contribution in [2.75, 3.05) is 0 Å². The van der Waals surface area contributed by atoms with Gasteiger partial charge >= 0.3 is 0 Å². The zero-order chi connectivity index (χ0) is 29.1. The molecule has 1 heterocycles. The van der Waals surface area contributed by atoms with E-state index in [1.54, 1.807) is 0 Å². The molecule has 3 rings (SSSR count). The fourth-order valence-corrected chi connectivity index (χ4v) is 4.90. The number of aliphatic hydroxyl groups is 1. The lowest BCUT2D eigenvalue weighted by atomic mass is 9.67. The second-order valence-electron chi connectivity index (χ2n) is 11.3. The number of rotatable bonds is 9. The maximum atomic E-state index is 14.2. The van der Waals surface area contributed by atoms with Crippen LogP contribution in [0.1, 0.15) is 91.0 Å². The molecule has 1 aliphatic rings. The summed E-state index contributed by atoms with van der Waals surface area (Å²) in [6.07, 6.45) is 11.3. The molecule has 1 atom stereocenters. The number of allylic oxidation sites excluding steroid dienone is 9. The Kier molecular flexibility index (Phi) is 9.10. The highest BCUT2D eigenvalue weighted by Gasteiger charge is 2.47. The number of Topliss-reactive ketones (excluding diaryl/α,β-unsaturated/α-hetero) is 1. The Balaban J connectivity index is 2.34. The van der Waals surface area contributed by atoms with Crippen LogP contribution in [-0.2, 0) is 16.6 Å². The topological polar surface area (TPSA) is 108 Å². The summed E-state index contributed by atoms with van der Waals surface area (Å²) in [5, 5.41) is 32.1. The lowest BCUT2D eigenvalue weighted by Gasteiger charge is -2.34. The summed E-state index contributed by atoms with van der Waals surface area (Å²) in [5.41, 5.74) is 2.80. The molecule has 2 aromatic rings. The molecular formula is C33H40O6. The van der Waals surface area contributed by atoms with Gasteiger partial charge in [0.1, 0.15) is 28.2 Å². The predicted octanol–water partition coefficient (Wildman–Crippen LogP) is 7.87. The van der Waals surface area contributed by atoms with Crippen molar-refractivity contribution in [2.24, 2.45) is 0 Å². The van der Waals surface area contributed by atoms with Gasteiger partial charge in [-0.05, 0) is 80.6 Å². The van der Waals surface area contributed by atoms with Crippen molar-refractivity contribution in [1.29, 1.82) is 0 Å². The van der Waals surface area contributed by atoms with E-state index < -0.39 is 28.1 Å². The molecule has 1 aliphatic carbocycles. The van der Waals surface area contributed by atoms with Gasteiger partial charge in [0.2, 0.25) is 11.2 Å². The van der Waals surface area contributed by atoms with E-state index in [9.17, 15) is 24.9 Å². The van der Waals surface area contributed by atoms with Gasteiger partial charge in [0.15, 0.2) is 5.76 Å². The number of fused-ring (bicyclic) bond motifs is 2. The summed E-state index contributed by atoms with van der Waals surface area (Å²) in [6.45, 7) is 13.7. The zero-order valence-corrected chi connectivity index (χ0v) is 24.1. The number of phenolic OH excluding ortho intramolecular Hbond substituents is 2. The molecule has 0 saturated heterocycles. The number of carbonyl (C=O) groups is 1. The summed E-state index contributed by atoms with van der Waals surface area (Å²) in [7, 11) is 0. The lowest BCUT2D eigenvalue weighted by molar-refractivity contribution is -0.123. The van der Waals surface area contributed by atoms with Crippen molar-refractivity contribution < 1.29 is 24.5 Å². The van der Waals surface area contributed by atoms with Crippen LogP contribution >= 0.6 is 0 Å². The zero-order valence-electron chi connectivity index (χ0n) is 24.1. The largest absolute Gasteiger partial charge is 0.507 e. The lowest BCUT2D eigenvalue weighted by Crippen LogP contribution is -2.43. The van der Waals surface area contributed by atoms with Crippen molar-refractivity contribution >= 4 is 22.8 Å². The minimum atomic E-state index is -1.41. The average molecular weight is 533 g/mol. The number of benzene rings is 1. The number of phenols is 2. The summed E-state index contributed by atoms with van der Waals surface area (Å²) in [4.78, 5) is 27.9. The van der Waals surface area contributed by atoms with Crippen LogP contribution in [0.25, 0.3) is 17.0 Å². The fourth-order valence-electron chi connectivity index (χ4n) is 4.90. The summed E-state index contributed by atoms with van der Waals surface area (Å²) >= 11 is 0.